The first-order valence-electron chi connectivity index (χ1n) is 16.8. The predicted octanol–water partition coefficient (Wildman–Crippen LogP) is 6.63. The average Bonchev–Trinajstić information content (AvgIpc) is 3.76. The number of fused-ring (bicyclic) bond motifs is 11. The van der Waals surface area contributed by atoms with Crippen molar-refractivity contribution in [1.29, 1.82) is 0 Å². The number of aromatic nitrogens is 4. The molecule has 4 N–H and O–H groups in total. The number of hydrogen-bond acceptors (Lipinski definition) is 8. The summed E-state index contributed by atoms with van der Waals surface area (Å²) in [6, 6.07) is 7.46. The first kappa shape index (κ1) is 35.8. The SMILES string of the molecule is C=Cc1c(C)c2cc3nc(cc4[nH]c(cc5nc(cc1[nH]2)C(C)=C5CCC(=O)O)c(CCC(=O)O)c4C)C1(C)C3=CC=C(C(=O)OC)C1C(=O)OC. The van der Waals surface area contributed by atoms with Crippen LogP contribution < -0.4 is 0 Å². The molecule has 8 bridgehead atoms. The highest BCUT2D eigenvalue weighted by Crippen LogP contribution is 2.52. The van der Waals surface area contributed by atoms with Gasteiger partial charge in [-0.3, -0.25) is 19.4 Å². The maximum absolute atomic E-state index is 13.6. The molecule has 0 saturated carbocycles. The highest BCUT2D eigenvalue weighted by Gasteiger charge is 2.53. The van der Waals surface area contributed by atoms with Crippen LogP contribution >= 0.6 is 0 Å². The Morgan fingerprint density at radius 3 is 2.12 bits per heavy atom. The minimum atomic E-state index is -1.19. The lowest BCUT2D eigenvalue weighted by atomic mass is 9.64. The fraction of sp³-hybridized carbons (Fsp3) is 0.300. The number of H-pyrrole nitrogens is 2. The van der Waals surface area contributed by atoms with Crippen molar-refractivity contribution in [3.8, 4) is 0 Å². The van der Waals surface area contributed by atoms with Crippen LogP contribution in [0, 0.1) is 19.8 Å². The molecule has 0 aromatic carbocycles. The highest BCUT2D eigenvalue weighted by atomic mass is 16.5. The summed E-state index contributed by atoms with van der Waals surface area (Å²) in [4.78, 5) is 67.3. The molecule has 1 aliphatic carbocycles. The van der Waals surface area contributed by atoms with Crippen LogP contribution in [0.1, 0.15) is 78.1 Å². The minimum absolute atomic E-state index is 0.101. The summed E-state index contributed by atoms with van der Waals surface area (Å²) in [5.41, 5.74) is 9.40. The number of ether oxygens (including phenoxy) is 2. The number of nitrogens with zero attached hydrogens (tertiary/aromatic N) is 2. The molecule has 3 aliphatic rings. The summed E-state index contributed by atoms with van der Waals surface area (Å²) in [5.74, 6) is -4.31. The van der Waals surface area contributed by atoms with Gasteiger partial charge in [-0.25, -0.2) is 9.78 Å². The van der Waals surface area contributed by atoms with Crippen LogP contribution in [0.3, 0.4) is 0 Å². The van der Waals surface area contributed by atoms with Crippen molar-refractivity contribution in [3.63, 3.8) is 0 Å². The molecule has 3 aromatic heterocycles. The molecule has 12 nitrogen and oxygen atoms in total. The molecule has 2 aliphatic heterocycles. The molecule has 0 spiro atoms. The molecule has 5 heterocycles. The van der Waals surface area contributed by atoms with Gasteiger partial charge < -0.3 is 29.7 Å². The van der Waals surface area contributed by atoms with Crippen molar-refractivity contribution in [2.24, 2.45) is 5.92 Å². The van der Waals surface area contributed by atoms with E-state index >= 15 is 0 Å². The summed E-state index contributed by atoms with van der Waals surface area (Å²) in [6.07, 6.45) is 5.32. The van der Waals surface area contributed by atoms with Gasteiger partial charge in [0.1, 0.15) is 5.92 Å². The maximum Gasteiger partial charge on any atom is 0.334 e. The predicted molar refractivity (Wildman–Crippen MR) is 197 cm³/mol. The third-order valence-electron chi connectivity index (χ3n) is 10.5. The van der Waals surface area contributed by atoms with Crippen LogP contribution in [0.2, 0.25) is 0 Å². The third-order valence-corrected chi connectivity index (χ3v) is 10.5. The van der Waals surface area contributed by atoms with Crippen molar-refractivity contribution in [2.75, 3.05) is 14.2 Å². The van der Waals surface area contributed by atoms with E-state index in [-0.39, 0.29) is 31.3 Å². The number of aromatic amines is 2. The standard InChI is InChI=1S/C40H40N4O8/c1-8-22-19(2)28-16-33-26-12-9-25(38(49)51-6)37(39(50)52-7)40(26,5)34(44-33)18-29-21(4)24(11-14-36(47)48)32(43-29)17-31-23(10-13-35(45)46)20(3)27(42-31)15-30(22)41-28/h8-9,12,15-18,37,41,43H,1,10-11,13-14H2,2-7H3,(H,45,46)(H,47,48). The van der Waals surface area contributed by atoms with Crippen LogP contribution in [0.15, 0.2) is 48.6 Å². The number of methoxy groups -OCH3 is 2. The number of carbonyl (C=O) groups excluding carboxylic acids is 2. The highest BCUT2D eigenvalue weighted by molar-refractivity contribution is 6.02. The van der Waals surface area contributed by atoms with Gasteiger partial charge in [0.2, 0.25) is 0 Å². The fourth-order valence-corrected chi connectivity index (χ4v) is 7.59. The molecular weight excluding hydrogens is 664 g/mol. The van der Waals surface area contributed by atoms with E-state index in [9.17, 15) is 29.4 Å². The Bertz CT molecular complexity index is 2360. The van der Waals surface area contributed by atoms with E-state index in [4.69, 9.17) is 19.4 Å². The van der Waals surface area contributed by atoms with E-state index < -0.39 is 35.2 Å². The van der Waals surface area contributed by atoms with Crippen LogP contribution in [-0.2, 0) is 40.5 Å². The Morgan fingerprint density at radius 2 is 1.46 bits per heavy atom. The summed E-state index contributed by atoms with van der Waals surface area (Å²) >= 11 is 0. The van der Waals surface area contributed by atoms with Crippen LogP contribution in [0.5, 0.6) is 0 Å². The summed E-state index contributed by atoms with van der Waals surface area (Å²) in [6.45, 7) is 11.7. The van der Waals surface area contributed by atoms with Crippen LogP contribution in [0.25, 0.3) is 44.9 Å². The van der Waals surface area contributed by atoms with E-state index in [2.05, 4.69) is 16.5 Å². The first-order valence-corrected chi connectivity index (χ1v) is 16.8. The Hall–Kier alpha value is -6.04. The molecule has 2 atom stereocenters. The van der Waals surface area contributed by atoms with Crippen molar-refractivity contribution in [2.45, 2.75) is 58.8 Å². The van der Waals surface area contributed by atoms with Gasteiger partial charge in [0.15, 0.2) is 0 Å². The zero-order valence-electron chi connectivity index (χ0n) is 29.9. The quantitative estimate of drug-likeness (QED) is 0.176. The van der Waals surface area contributed by atoms with Gasteiger partial charge in [-0.1, -0.05) is 24.8 Å². The molecule has 3 aromatic rings. The number of carbonyl (C=O) groups is 4. The zero-order chi connectivity index (χ0) is 37.6. The molecular formula is C40H40N4O8. The normalized spacial score (nSPS) is 17.9. The smallest absolute Gasteiger partial charge is 0.334 e. The van der Waals surface area contributed by atoms with Crippen molar-refractivity contribution in [3.05, 3.63) is 93.6 Å². The number of allylic oxidation sites excluding steroid dienone is 5. The van der Waals surface area contributed by atoms with Crippen molar-refractivity contribution >= 4 is 68.7 Å². The van der Waals surface area contributed by atoms with Gasteiger partial charge in [0.05, 0.1) is 48.0 Å². The van der Waals surface area contributed by atoms with Gasteiger partial charge >= 0.3 is 23.9 Å². The Labute approximate surface area is 299 Å². The number of aryl methyl sites for hydroxylation is 3. The molecule has 0 saturated heterocycles. The number of carboxylic acid groups (broad SMARTS) is 2. The lowest BCUT2D eigenvalue weighted by Gasteiger charge is -2.36. The number of carboxylic acids is 2. The lowest BCUT2D eigenvalue weighted by molar-refractivity contribution is -0.149. The molecule has 0 fully saturated rings. The Kier molecular flexibility index (Phi) is 9.35. The average molecular weight is 705 g/mol. The van der Waals surface area contributed by atoms with E-state index in [1.807, 2.05) is 52.0 Å². The monoisotopic (exact) mass is 704 g/mol. The van der Waals surface area contributed by atoms with Gasteiger partial charge in [0.25, 0.3) is 0 Å². The number of esters is 2. The second-order valence-corrected chi connectivity index (χ2v) is 13.3. The van der Waals surface area contributed by atoms with E-state index in [0.717, 1.165) is 44.4 Å². The largest absolute Gasteiger partial charge is 0.481 e. The number of aliphatic carboxylic acids is 2. The van der Waals surface area contributed by atoms with Gasteiger partial charge in [-0.2, -0.15) is 0 Å². The van der Waals surface area contributed by atoms with Crippen molar-refractivity contribution < 1.29 is 38.9 Å². The molecule has 0 radical (unpaired) electrons. The van der Waals surface area contributed by atoms with Crippen LogP contribution in [0.4, 0.5) is 0 Å². The molecule has 52 heavy (non-hydrogen) atoms. The van der Waals surface area contributed by atoms with E-state index in [0.29, 0.717) is 39.4 Å². The van der Waals surface area contributed by atoms with Gasteiger partial charge in [0, 0.05) is 40.5 Å². The van der Waals surface area contributed by atoms with E-state index in [1.165, 1.54) is 14.2 Å². The fourth-order valence-electron chi connectivity index (χ4n) is 7.59. The molecule has 12 heteroatoms. The summed E-state index contributed by atoms with van der Waals surface area (Å²) in [7, 11) is 2.52. The van der Waals surface area contributed by atoms with Crippen LogP contribution in [-0.4, -0.2) is 68.2 Å². The van der Waals surface area contributed by atoms with Gasteiger partial charge in [-0.15, -0.1) is 0 Å². The number of hydrogen-bond donors (Lipinski definition) is 4. The second-order valence-electron chi connectivity index (χ2n) is 13.3. The summed E-state index contributed by atoms with van der Waals surface area (Å²) in [5, 5.41) is 19.2. The zero-order valence-corrected chi connectivity index (χ0v) is 29.9. The van der Waals surface area contributed by atoms with Gasteiger partial charge in [-0.05, 0) is 98.2 Å². The molecule has 6 rings (SSSR count). The molecule has 268 valence electrons. The Balaban J connectivity index is 1.78. The van der Waals surface area contributed by atoms with E-state index in [1.54, 1.807) is 18.2 Å². The second kappa shape index (κ2) is 13.6. The molecule has 2 unspecified atom stereocenters. The third kappa shape index (κ3) is 5.93. The molecule has 0 amide bonds. The first-order chi connectivity index (χ1) is 24.7. The lowest BCUT2D eigenvalue weighted by Crippen LogP contribution is -2.42. The van der Waals surface area contributed by atoms with Crippen molar-refractivity contribution in [1.82, 2.24) is 19.9 Å². The number of rotatable bonds is 9. The minimum Gasteiger partial charge on any atom is -0.481 e. The number of nitrogens with one attached hydrogen (secondary N) is 2. The summed E-state index contributed by atoms with van der Waals surface area (Å²) < 4.78 is 10.4. The Morgan fingerprint density at radius 1 is 0.827 bits per heavy atom. The maximum atomic E-state index is 13.6. The topological polar surface area (TPSA) is 185 Å².